The Morgan fingerprint density at radius 3 is 2.92 bits per heavy atom. The third-order valence-electron chi connectivity index (χ3n) is 4.48. The van der Waals surface area contributed by atoms with Crippen LogP contribution in [0.4, 0.5) is 5.69 Å². The molecule has 4 rings (SSSR count). The second kappa shape index (κ2) is 6.80. The molecule has 0 saturated heterocycles. The maximum Gasteiger partial charge on any atom is 0.228 e. The normalized spacial score (nSPS) is 18.8. The second-order valence-electron chi connectivity index (χ2n) is 6.24. The number of nitrogens with one attached hydrogen (secondary N) is 1. The Bertz CT molecular complexity index is 894. The molecular formula is C19H17BrN4O. The van der Waals surface area contributed by atoms with Gasteiger partial charge in [0.15, 0.2) is 0 Å². The molecule has 3 aromatic rings. The molecule has 1 saturated carbocycles. The van der Waals surface area contributed by atoms with Gasteiger partial charge in [-0.15, -0.1) is 0 Å². The number of rotatable bonds is 5. The molecule has 0 aliphatic heterocycles. The fourth-order valence-corrected chi connectivity index (χ4v) is 3.50. The lowest BCUT2D eigenvalue weighted by atomic mass is 10.1. The highest BCUT2D eigenvalue weighted by Crippen LogP contribution is 2.48. The Hall–Kier alpha value is -2.47. The van der Waals surface area contributed by atoms with Gasteiger partial charge < -0.3 is 5.32 Å². The van der Waals surface area contributed by atoms with Crippen LogP contribution in [0.2, 0.25) is 0 Å². The van der Waals surface area contributed by atoms with Gasteiger partial charge >= 0.3 is 0 Å². The molecule has 1 fully saturated rings. The van der Waals surface area contributed by atoms with E-state index in [1.54, 1.807) is 11.0 Å². The zero-order chi connectivity index (χ0) is 17.2. The third kappa shape index (κ3) is 3.64. The number of aromatic nitrogens is 3. The molecule has 1 heterocycles. The predicted octanol–water partition coefficient (Wildman–Crippen LogP) is 3.83. The zero-order valence-corrected chi connectivity index (χ0v) is 15.1. The van der Waals surface area contributed by atoms with Crippen LogP contribution in [0.25, 0.3) is 0 Å². The molecule has 5 nitrogen and oxygen atoms in total. The van der Waals surface area contributed by atoms with E-state index >= 15 is 0 Å². The van der Waals surface area contributed by atoms with Crippen LogP contribution < -0.4 is 5.32 Å². The monoisotopic (exact) mass is 396 g/mol. The van der Waals surface area contributed by atoms with Crippen LogP contribution in [0.5, 0.6) is 0 Å². The summed E-state index contributed by atoms with van der Waals surface area (Å²) in [6, 6.07) is 16.0. The van der Waals surface area contributed by atoms with Crippen molar-refractivity contribution < 1.29 is 4.79 Å². The number of carbonyl (C=O) groups excluding carboxylic acids is 1. The molecule has 2 unspecified atom stereocenters. The molecule has 1 aromatic heterocycles. The smallest absolute Gasteiger partial charge is 0.228 e. The van der Waals surface area contributed by atoms with E-state index in [0.717, 1.165) is 22.1 Å². The van der Waals surface area contributed by atoms with E-state index < -0.39 is 0 Å². The summed E-state index contributed by atoms with van der Waals surface area (Å²) in [5.41, 5.74) is 3.06. The van der Waals surface area contributed by atoms with Crippen molar-refractivity contribution in [3.63, 3.8) is 0 Å². The van der Waals surface area contributed by atoms with Crippen molar-refractivity contribution in [2.24, 2.45) is 5.92 Å². The molecule has 1 N–H and O–H groups in total. The maximum absolute atomic E-state index is 12.6. The third-order valence-corrected chi connectivity index (χ3v) is 4.97. The van der Waals surface area contributed by atoms with E-state index in [9.17, 15) is 4.79 Å². The fourth-order valence-electron chi connectivity index (χ4n) is 3.08. The Morgan fingerprint density at radius 2 is 2.12 bits per heavy atom. The minimum atomic E-state index is 0.0359. The zero-order valence-electron chi connectivity index (χ0n) is 13.5. The van der Waals surface area contributed by atoms with Crippen molar-refractivity contribution in [2.75, 3.05) is 5.32 Å². The molecule has 0 bridgehead atoms. The summed E-state index contributed by atoms with van der Waals surface area (Å²) < 4.78 is 2.79. The van der Waals surface area contributed by atoms with Crippen molar-refractivity contribution >= 4 is 27.5 Å². The van der Waals surface area contributed by atoms with Crippen LogP contribution in [0.3, 0.4) is 0 Å². The average molecular weight is 397 g/mol. The molecule has 126 valence electrons. The first kappa shape index (κ1) is 16.0. The van der Waals surface area contributed by atoms with Crippen molar-refractivity contribution in [3.8, 4) is 0 Å². The average Bonchev–Trinajstić information content (AvgIpc) is 3.26. The van der Waals surface area contributed by atoms with Gasteiger partial charge in [0.05, 0.1) is 6.54 Å². The van der Waals surface area contributed by atoms with E-state index in [2.05, 4.69) is 43.5 Å². The van der Waals surface area contributed by atoms with Crippen LogP contribution in [-0.4, -0.2) is 20.7 Å². The largest absolute Gasteiger partial charge is 0.326 e. The number of amides is 1. The molecule has 0 spiro atoms. The summed E-state index contributed by atoms with van der Waals surface area (Å²) in [5.74, 6) is 0.421. The molecule has 1 aliphatic carbocycles. The standard InChI is InChI=1S/C19H17BrN4O/c20-15-6-3-5-13(8-15)16-9-17(16)19(25)23-18-7-2-1-4-14(18)10-24-12-21-11-22-24/h1-8,11-12,16-17H,9-10H2,(H,23,25). The van der Waals surface area contributed by atoms with Crippen LogP contribution >= 0.6 is 15.9 Å². The van der Waals surface area contributed by atoms with Gasteiger partial charge in [-0.2, -0.15) is 5.10 Å². The molecular weight excluding hydrogens is 380 g/mol. The van der Waals surface area contributed by atoms with Crippen LogP contribution in [0.1, 0.15) is 23.5 Å². The van der Waals surface area contributed by atoms with E-state index in [-0.39, 0.29) is 11.8 Å². The van der Waals surface area contributed by atoms with E-state index in [4.69, 9.17) is 0 Å². The minimum Gasteiger partial charge on any atom is -0.326 e. The van der Waals surface area contributed by atoms with Gasteiger partial charge in [0.2, 0.25) is 5.91 Å². The first-order valence-corrected chi connectivity index (χ1v) is 8.96. The number of halogens is 1. The van der Waals surface area contributed by atoms with Crippen molar-refractivity contribution in [3.05, 3.63) is 76.8 Å². The van der Waals surface area contributed by atoms with Crippen molar-refractivity contribution in [1.82, 2.24) is 14.8 Å². The highest BCUT2D eigenvalue weighted by atomic mass is 79.9. The number of para-hydroxylation sites is 1. The SMILES string of the molecule is O=C(Nc1ccccc1Cn1cncn1)C1CC1c1cccc(Br)c1. The Morgan fingerprint density at radius 1 is 1.24 bits per heavy atom. The van der Waals surface area contributed by atoms with Crippen molar-refractivity contribution in [2.45, 2.75) is 18.9 Å². The van der Waals surface area contributed by atoms with Gasteiger partial charge in [0.25, 0.3) is 0 Å². The minimum absolute atomic E-state index is 0.0359. The maximum atomic E-state index is 12.6. The van der Waals surface area contributed by atoms with Crippen LogP contribution in [0.15, 0.2) is 65.7 Å². The number of nitrogens with zero attached hydrogens (tertiary/aromatic N) is 3. The summed E-state index contributed by atoms with van der Waals surface area (Å²) in [4.78, 5) is 16.6. The first-order chi connectivity index (χ1) is 12.2. The predicted molar refractivity (Wildman–Crippen MR) is 99.2 cm³/mol. The number of carbonyl (C=O) groups is 1. The van der Waals surface area contributed by atoms with Crippen LogP contribution in [-0.2, 0) is 11.3 Å². The summed E-state index contributed by atoms with van der Waals surface area (Å²) in [5, 5.41) is 7.21. The Kier molecular flexibility index (Phi) is 4.36. The molecule has 25 heavy (non-hydrogen) atoms. The summed E-state index contributed by atoms with van der Waals surface area (Å²) in [7, 11) is 0. The quantitative estimate of drug-likeness (QED) is 0.712. The summed E-state index contributed by atoms with van der Waals surface area (Å²) in [6.07, 6.45) is 4.07. The molecule has 2 aromatic carbocycles. The van der Waals surface area contributed by atoms with Gasteiger partial charge in [-0.3, -0.25) is 4.79 Å². The van der Waals surface area contributed by atoms with E-state index in [0.29, 0.717) is 12.5 Å². The molecule has 2 atom stereocenters. The molecule has 0 radical (unpaired) electrons. The van der Waals surface area contributed by atoms with E-state index in [1.165, 1.54) is 11.9 Å². The summed E-state index contributed by atoms with van der Waals surface area (Å²) in [6.45, 7) is 0.580. The van der Waals surface area contributed by atoms with E-state index in [1.807, 2.05) is 36.4 Å². The van der Waals surface area contributed by atoms with Gasteiger partial charge in [0, 0.05) is 16.1 Å². The Labute approximate surface area is 154 Å². The Balaban J connectivity index is 1.45. The highest BCUT2D eigenvalue weighted by molar-refractivity contribution is 9.10. The van der Waals surface area contributed by atoms with Gasteiger partial charge in [-0.25, -0.2) is 9.67 Å². The van der Waals surface area contributed by atoms with Crippen LogP contribution in [0, 0.1) is 5.92 Å². The first-order valence-electron chi connectivity index (χ1n) is 8.17. The van der Waals surface area contributed by atoms with Crippen molar-refractivity contribution in [1.29, 1.82) is 0 Å². The number of benzene rings is 2. The molecule has 1 amide bonds. The van der Waals surface area contributed by atoms with Gasteiger partial charge in [0.1, 0.15) is 12.7 Å². The fraction of sp³-hybridized carbons (Fsp3) is 0.211. The topological polar surface area (TPSA) is 59.8 Å². The summed E-state index contributed by atoms with van der Waals surface area (Å²) >= 11 is 3.49. The number of hydrogen-bond acceptors (Lipinski definition) is 3. The molecule has 1 aliphatic rings. The number of anilines is 1. The highest BCUT2D eigenvalue weighted by Gasteiger charge is 2.44. The lowest BCUT2D eigenvalue weighted by Gasteiger charge is -2.11. The lowest BCUT2D eigenvalue weighted by molar-refractivity contribution is -0.117. The van der Waals surface area contributed by atoms with Gasteiger partial charge in [-0.05, 0) is 41.7 Å². The lowest BCUT2D eigenvalue weighted by Crippen LogP contribution is -2.16. The number of hydrogen-bond donors (Lipinski definition) is 1. The van der Waals surface area contributed by atoms with Gasteiger partial charge in [-0.1, -0.05) is 46.3 Å². The second-order valence-corrected chi connectivity index (χ2v) is 7.16. The molecule has 6 heteroatoms.